The summed E-state index contributed by atoms with van der Waals surface area (Å²) in [5.41, 5.74) is 0. The third-order valence-electron chi connectivity index (χ3n) is 4.40. The average molecular weight is 393 g/mol. The van der Waals surface area contributed by atoms with Crippen LogP contribution in [0.1, 0.15) is 20.8 Å². The van der Waals surface area contributed by atoms with Crippen molar-refractivity contribution in [3.8, 4) is 0 Å². The van der Waals surface area contributed by atoms with E-state index < -0.39 is 24.7 Å². The number of nitrogens with zero attached hydrogens (tertiary/aromatic N) is 2. The van der Waals surface area contributed by atoms with Crippen LogP contribution < -0.4 is 0 Å². The highest BCUT2D eigenvalue weighted by molar-refractivity contribution is 7.58. The molecule has 0 aliphatic heterocycles. The predicted molar refractivity (Wildman–Crippen MR) is 121 cm³/mol. The first-order chi connectivity index (χ1) is 11.3. The molecule has 0 fully saturated rings. The Morgan fingerprint density at radius 2 is 0.920 bits per heavy atom. The van der Waals surface area contributed by atoms with Crippen molar-refractivity contribution in [3.63, 3.8) is 0 Å². The first-order valence-electron chi connectivity index (χ1n) is 9.42. The second kappa shape index (κ2) is 7.40. The highest BCUT2D eigenvalue weighted by Gasteiger charge is 2.48. The van der Waals surface area contributed by atoms with Gasteiger partial charge < -0.3 is 0 Å². The van der Waals surface area contributed by atoms with E-state index in [9.17, 15) is 0 Å². The number of hydrogen-bond donors (Lipinski definition) is 0. The maximum atomic E-state index is 2.93. The molecule has 0 aromatic rings. The molecule has 0 bridgehead atoms. The molecule has 2 nitrogen and oxygen atoms in total. The van der Waals surface area contributed by atoms with Crippen molar-refractivity contribution in [2.45, 2.75) is 77.3 Å². The van der Waals surface area contributed by atoms with E-state index in [2.05, 4.69) is 117 Å². The number of rotatable bonds is 6. The normalized spacial score (nSPS) is 19.5. The van der Waals surface area contributed by atoms with Crippen LogP contribution in [-0.2, 0) is 0 Å². The molecule has 0 aromatic heterocycles. The first-order valence-corrected chi connectivity index (χ1v) is 17.6. The van der Waals surface area contributed by atoms with E-state index >= 15 is 0 Å². The fourth-order valence-electron chi connectivity index (χ4n) is 3.63. The van der Waals surface area contributed by atoms with Crippen molar-refractivity contribution in [1.29, 1.82) is 0 Å². The number of hydrogen-bond acceptors (Lipinski definition) is 2. The maximum absolute atomic E-state index is 2.93. The fourth-order valence-corrected chi connectivity index (χ4v) is 15.3. The smallest absolute Gasteiger partial charge is 0.126 e. The Kier molecular flexibility index (Phi) is 6.23. The Balaban J connectivity index is 2.59. The van der Waals surface area contributed by atoms with Crippen molar-refractivity contribution in [3.05, 3.63) is 48.6 Å². The van der Waals surface area contributed by atoms with E-state index in [4.69, 9.17) is 0 Å². The molecule has 0 amide bonds. The quantitative estimate of drug-likeness (QED) is 0.383. The summed E-state index contributed by atoms with van der Waals surface area (Å²) in [4.78, 5) is 0. The van der Waals surface area contributed by atoms with Crippen LogP contribution in [0.5, 0.6) is 0 Å². The van der Waals surface area contributed by atoms with Crippen LogP contribution in [0, 0.1) is 0 Å². The predicted octanol–water partition coefficient (Wildman–Crippen LogP) is 6.36. The fraction of sp³-hybridized carbons (Fsp3) is 0.600. The molecule has 0 atom stereocenters. The van der Waals surface area contributed by atoms with Gasteiger partial charge in [0, 0.05) is 25.5 Å². The van der Waals surface area contributed by atoms with Gasteiger partial charge in [-0.2, -0.15) is 0 Å². The molecule has 0 unspecified atom stereocenters. The van der Waals surface area contributed by atoms with E-state index in [-0.39, 0.29) is 5.16 Å². The highest BCUT2D eigenvalue weighted by Crippen LogP contribution is 2.61. The van der Waals surface area contributed by atoms with E-state index in [0.29, 0.717) is 12.1 Å². The Hall–Kier alpha value is -0.256. The van der Waals surface area contributed by atoms with Gasteiger partial charge in [0.15, 0.2) is 0 Å². The third-order valence-corrected chi connectivity index (χ3v) is 15.0. The minimum atomic E-state index is -1.53. The zero-order valence-corrected chi connectivity index (χ0v) is 20.5. The second-order valence-corrected chi connectivity index (χ2v) is 23.2. The third kappa shape index (κ3) is 4.92. The molecular formula is C20H37N2PSi2. The van der Waals surface area contributed by atoms with Gasteiger partial charge in [0.25, 0.3) is 0 Å². The molecule has 0 saturated heterocycles. The molecule has 0 heterocycles. The van der Waals surface area contributed by atoms with Gasteiger partial charge in [0.1, 0.15) is 16.5 Å². The van der Waals surface area contributed by atoms with Gasteiger partial charge >= 0.3 is 0 Å². The Labute approximate surface area is 159 Å². The summed E-state index contributed by atoms with van der Waals surface area (Å²) in [5, 5.41) is 0.241. The Morgan fingerprint density at radius 3 is 1.12 bits per heavy atom. The minimum absolute atomic E-state index is 0.241. The van der Waals surface area contributed by atoms with Gasteiger partial charge in [0.2, 0.25) is 0 Å². The monoisotopic (exact) mass is 392 g/mol. The molecule has 2 aliphatic rings. The molecule has 0 saturated carbocycles. The van der Waals surface area contributed by atoms with E-state index in [1.165, 1.54) is 0 Å². The van der Waals surface area contributed by atoms with Crippen molar-refractivity contribution in [2.24, 2.45) is 0 Å². The molecule has 0 radical (unpaired) electrons. The van der Waals surface area contributed by atoms with Gasteiger partial charge in [-0.1, -0.05) is 109 Å². The summed E-state index contributed by atoms with van der Waals surface area (Å²) >= 11 is 0. The molecule has 140 valence electrons. The van der Waals surface area contributed by atoms with Gasteiger partial charge in [0.05, 0.1) is 0 Å². The average Bonchev–Trinajstić information content (AvgIpc) is 3.05. The van der Waals surface area contributed by atoms with Crippen molar-refractivity contribution in [2.75, 3.05) is 0 Å². The standard InChI is InChI=1S/C20H37N2PSi2/c1-20(2,3)23(21(24(4,5)6)18-14-10-11-15-18)22(25(7,8)9)19-16-12-13-17-19/h10-19H,1-9H3. The molecule has 0 spiro atoms. The lowest BCUT2D eigenvalue weighted by Crippen LogP contribution is -2.58. The van der Waals surface area contributed by atoms with Crippen molar-refractivity contribution >= 4 is 24.7 Å². The lowest BCUT2D eigenvalue weighted by molar-refractivity contribution is 0.519. The van der Waals surface area contributed by atoms with Gasteiger partial charge in [-0.25, -0.2) is 0 Å². The van der Waals surface area contributed by atoms with Crippen molar-refractivity contribution in [1.82, 2.24) is 8.67 Å². The maximum Gasteiger partial charge on any atom is 0.126 e. The lowest BCUT2D eigenvalue weighted by Gasteiger charge is -2.57. The van der Waals surface area contributed by atoms with Crippen LogP contribution in [-0.4, -0.2) is 42.4 Å². The summed E-state index contributed by atoms with van der Waals surface area (Å²) in [6, 6.07) is 0.899. The van der Waals surface area contributed by atoms with Crippen LogP contribution >= 0.6 is 8.22 Å². The molecule has 2 rings (SSSR count). The van der Waals surface area contributed by atoms with Crippen LogP contribution in [0.4, 0.5) is 0 Å². The van der Waals surface area contributed by atoms with Crippen LogP contribution in [0.15, 0.2) is 48.6 Å². The summed E-state index contributed by atoms with van der Waals surface area (Å²) in [6.07, 6.45) is 18.5. The summed E-state index contributed by atoms with van der Waals surface area (Å²) in [7, 11) is -3.49. The zero-order valence-electron chi connectivity index (χ0n) is 17.6. The first kappa shape index (κ1) is 21.0. The lowest BCUT2D eigenvalue weighted by atomic mass is 10.3. The summed E-state index contributed by atoms with van der Waals surface area (Å²) < 4.78 is 5.86. The largest absolute Gasteiger partial charge is 0.282 e. The van der Waals surface area contributed by atoms with E-state index in [1.54, 1.807) is 0 Å². The topological polar surface area (TPSA) is 6.48 Å². The van der Waals surface area contributed by atoms with E-state index in [1.807, 2.05) is 0 Å². The van der Waals surface area contributed by atoms with Crippen LogP contribution in [0.25, 0.3) is 0 Å². The highest BCUT2D eigenvalue weighted by atomic mass is 31.1. The van der Waals surface area contributed by atoms with E-state index in [0.717, 1.165) is 0 Å². The molecule has 25 heavy (non-hydrogen) atoms. The molecule has 5 heteroatoms. The SMILES string of the molecule is CC(C)(C)P(N(C1C=CC=C1)[Si](C)(C)C)N(C1C=CC=C1)[Si](C)(C)C. The molecule has 0 N–H and O–H groups in total. The van der Waals surface area contributed by atoms with Gasteiger partial charge in [-0.15, -0.1) is 0 Å². The molecule has 2 aliphatic carbocycles. The summed E-state index contributed by atoms with van der Waals surface area (Å²) in [5.74, 6) is 0. The summed E-state index contributed by atoms with van der Waals surface area (Å²) in [6.45, 7) is 22.4. The van der Waals surface area contributed by atoms with Crippen LogP contribution in [0.3, 0.4) is 0 Å². The zero-order chi connectivity index (χ0) is 19.0. The Bertz CT molecular complexity index is 518. The van der Waals surface area contributed by atoms with Gasteiger partial charge in [-0.05, 0) is 0 Å². The second-order valence-electron chi connectivity index (χ2n) is 10.0. The number of allylic oxidation sites excluding steroid dienone is 4. The van der Waals surface area contributed by atoms with Gasteiger partial charge in [-0.3, -0.25) is 8.67 Å². The van der Waals surface area contributed by atoms with Crippen LogP contribution in [0.2, 0.25) is 39.3 Å². The van der Waals surface area contributed by atoms with Crippen molar-refractivity contribution < 1.29 is 0 Å². The molecule has 0 aromatic carbocycles. The minimum Gasteiger partial charge on any atom is -0.282 e. The molecular weight excluding hydrogens is 355 g/mol. The Morgan fingerprint density at radius 1 is 0.640 bits per heavy atom.